The van der Waals surface area contributed by atoms with Crippen LogP contribution in [0, 0.1) is 6.92 Å². The molecule has 0 saturated carbocycles. The normalized spacial score (nSPS) is 10.4. The van der Waals surface area contributed by atoms with E-state index >= 15 is 0 Å². The maximum Gasteiger partial charge on any atom is 0.309 e. The first-order valence-corrected chi connectivity index (χ1v) is 4.85. The van der Waals surface area contributed by atoms with Crippen LogP contribution in [0.4, 0.5) is 0 Å². The van der Waals surface area contributed by atoms with E-state index in [0.717, 1.165) is 5.56 Å². The van der Waals surface area contributed by atoms with Crippen molar-refractivity contribution in [3.05, 3.63) is 29.8 Å². The van der Waals surface area contributed by atoms with Gasteiger partial charge in [-0.25, -0.2) is 4.98 Å². The monoisotopic (exact) mass is 217 g/mol. The largest absolute Gasteiger partial charge is 0.507 e. The van der Waals surface area contributed by atoms with Gasteiger partial charge in [-0.05, 0) is 24.6 Å². The number of esters is 1. The zero-order valence-electron chi connectivity index (χ0n) is 9.02. The van der Waals surface area contributed by atoms with Gasteiger partial charge in [0.25, 0.3) is 0 Å². The number of nitrogens with zero attached hydrogens (tertiary/aromatic N) is 1. The molecular formula is C12H11NO3. The zero-order chi connectivity index (χ0) is 11.7. The molecule has 2 rings (SSSR count). The quantitative estimate of drug-likeness (QED) is 0.744. The van der Waals surface area contributed by atoms with Gasteiger partial charge in [-0.3, -0.25) is 4.79 Å². The van der Waals surface area contributed by atoms with E-state index in [-0.39, 0.29) is 11.6 Å². The number of aryl methyl sites for hydroxylation is 1. The van der Waals surface area contributed by atoms with Crippen molar-refractivity contribution in [2.45, 2.75) is 13.8 Å². The van der Waals surface area contributed by atoms with Crippen molar-refractivity contribution in [1.82, 2.24) is 4.98 Å². The fourth-order valence-corrected chi connectivity index (χ4v) is 1.50. The first-order valence-electron chi connectivity index (χ1n) is 4.85. The number of ether oxygens (including phenoxy) is 1. The molecule has 0 saturated heterocycles. The molecule has 0 aliphatic rings. The Labute approximate surface area is 92.5 Å². The Balaban J connectivity index is 2.60. The van der Waals surface area contributed by atoms with Crippen molar-refractivity contribution in [3.63, 3.8) is 0 Å². The summed E-state index contributed by atoms with van der Waals surface area (Å²) in [4.78, 5) is 14.9. The van der Waals surface area contributed by atoms with E-state index in [2.05, 4.69) is 4.98 Å². The number of fused-ring (bicyclic) bond motifs is 1. The topological polar surface area (TPSA) is 59.4 Å². The first-order chi connectivity index (χ1) is 7.56. The molecule has 0 fully saturated rings. The number of carbonyl (C=O) groups is 1. The number of pyridine rings is 1. The molecule has 0 bridgehead atoms. The first kappa shape index (κ1) is 10.4. The van der Waals surface area contributed by atoms with Crippen molar-refractivity contribution in [1.29, 1.82) is 0 Å². The molecular weight excluding hydrogens is 206 g/mol. The lowest BCUT2D eigenvalue weighted by atomic mass is 10.1. The molecule has 0 unspecified atom stereocenters. The molecule has 4 nitrogen and oxygen atoms in total. The molecule has 1 heterocycles. The average molecular weight is 217 g/mol. The fourth-order valence-electron chi connectivity index (χ4n) is 1.50. The predicted octanol–water partition coefficient (Wildman–Crippen LogP) is 2.17. The van der Waals surface area contributed by atoms with Crippen molar-refractivity contribution in [2.24, 2.45) is 0 Å². The minimum absolute atomic E-state index is 0.0567. The standard InChI is InChI=1S/C12H11NO3/c1-7-3-4-9-10(5-7)13-12(6-11(9)15)16-8(2)14/h3-6H,1-2H3,(H,13,15). The fraction of sp³-hybridized carbons (Fsp3) is 0.167. The second-order valence-corrected chi connectivity index (χ2v) is 3.59. The lowest BCUT2D eigenvalue weighted by molar-refractivity contribution is -0.132. The third-order valence-electron chi connectivity index (χ3n) is 2.17. The molecule has 0 atom stereocenters. The van der Waals surface area contributed by atoms with Crippen LogP contribution in [0.25, 0.3) is 10.9 Å². The van der Waals surface area contributed by atoms with Crippen molar-refractivity contribution < 1.29 is 14.6 Å². The molecule has 4 heteroatoms. The summed E-state index contributed by atoms with van der Waals surface area (Å²) in [5.41, 5.74) is 1.63. The van der Waals surface area contributed by atoms with E-state index in [0.29, 0.717) is 10.9 Å². The van der Waals surface area contributed by atoms with Crippen molar-refractivity contribution in [2.75, 3.05) is 0 Å². The Morgan fingerprint density at radius 2 is 2.12 bits per heavy atom. The van der Waals surface area contributed by atoms with Gasteiger partial charge in [0.05, 0.1) is 5.52 Å². The number of aromatic nitrogens is 1. The molecule has 0 aliphatic carbocycles. The third-order valence-corrected chi connectivity index (χ3v) is 2.17. The number of rotatable bonds is 1. The van der Waals surface area contributed by atoms with Crippen molar-refractivity contribution >= 4 is 16.9 Å². The summed E-state index contributed by atoms with van der Waals surface area (Å²) < 4.78 is 4.83. The van der Waals surface area contributed by atoms with Crippen LogP contribution in [0.2, 0.25) is 0 Å². The van der Waals surface area contributed by atoms with E-state index in [1.54, 1.807) is 6.07 Å². The summed E-state index contributed by atoms with van der Waals surface area (Å²) in [6, 6.07) is 6.82. The maximum atomic E-state index is 10.8. The molecule has 2 aromatic rings. The Hall–Kier alpha value is -2.10. The van der Waals surface area contributed by atoms with E-state index in [1.807, 2.05) is 19.1 Å². The summed E-state index contributed by atoms with van der Waals surface area (Å²) in [6.45, 7) is 3.22. The Morgan fingerprint density at radius 3 is 2.81 bits per heavy atom. The molecule has 16 heavy (non-hydrogen) atoms. The van der Waals surface area contributed by atoms with Crippen LogP contribution in [-0.2, 0) is 4.79 Å². The van der Waals surface area contributed by atoms with Crippen LogP contribution in [0.15, 0.2) is 24.3 Å². The van der Waals surface area contributed by atoms with Gasteiger partial charge >= 0.3 is 5.97 Å². The summed E-state index contributed by atoms with van der Waals surface area (Å²) >= 11 is 0. The number of carbonyl (C=O) groups excluding carboxylic acids is 1. The summed E-state index contributed by atoms with van der Waals surface area (Å²) in [5.74, 6) is -0.289. The van der Waals surface area contributed by atoms with Gasteiger partial charge in [0.15, 0.2) is 0 Å². The highest BCUT2D eigenvalue weighted by atomic mass is 16.5. The molecule has 0 aliphatic heterocycles. The second kappa shape index (κ2) is 3.81. The van der Waals surface area contributed by atoms with Crippen LogP contribution in [-0.4, -0.2) is 16.1 Å². The van der Waals surface area contributed by atoms with Gasteiger partial charge in [-0.15, -0.1) is 0 Å². The summed E-state index contributed by atoms with van der Waals surface area (Å²) in [6.07, 6.45) is 0. The van der Waals surface area contributed by atoms with E-state index < -0.39 is 5.97 Å². The highest BCUT2D eigenvalue weighted by molar-refractivity contribution is 5.86. The smallest absolute Gasteiger partial charge is 0.309 e. The molecule has 0 radical (unpaired) electrons. The van der Waals surface area contributed by atoms with Crippen LogP contribution >= 0.6 is 0 Å². The zero-order valence-corrected chi connectivity index (χ0v) is 9.02. The number of benzene rings is 1. The Morgan fingerprint density at radius 1 is 1.38 bits per heavy atom. The van der Waals surface area contributed by atoms with Crippen LogP contribution in [0.3, 0.4) is 0 Å². The molecule has 1 N–H and O–H groups in total. The lowest BCUT2D eigenvalue weighted by Crippen LogP contribution is -2.03. The molecule has 82 valence electrons. The maximum absolute atomic E-state index is 10.8. The Bertz CT molecular complexity index is 563. The van der Waals surface area contributed by atoms with Gasteiger partial charge in [-0.1, -0.05) is 6.07 Å². The van der Waals surface area contributed by atoms with Crippen LogP contribution in [0.5, 0.6) is 11.6 Å². The number of aromatic hydroxyl groups is 1. The highest BCUT2D eigenvalue weighted by Crippen LogP contribution is 2.27. The van der Waals surface area contributed by atoms with Crippen LogP contribution in [0.1, 0.15) is 12.5 Å². The highest BCUT2D eigenvalue weighted by Gasteiger charge is 2.07. The van der Waals surface area contributed by atoms with Crippen LogP contribution < -0.4 is 4.74 Å². The van der Waals surface area contributed by atoms with Gasteiger partial charge in [-0.2, -0.15) is 0 Å². The molecule has 0 spiro atoms. The molecule has 0 amide bonds. The van der Waals surface area contributed by atoms with Gasteiger partial charge < -0.3 is 9.84 Å². The average Bonchev–Trinajstić information content (AvgIpc) is 2.15. The third kappa shape index (κ3) is 1.95. The van der Waals surface area contributed by atoms with E-state index in [1.165, 1.54) is 13.0 Å². The summed E-state index contributed by atoms with van der Waals surface area (Å²) in [5, 5.41) is 10.4. The van der Waals surface area contributed by atoms with Crippen molar-refractivity contribution in [3.8, 4) is 11.6 Å². The number of hydrogen-bond acceptors (Lipinski definition) is 4. The van der Waals surface area contributed by atoms with E-state index in [9.17, 15) is 9.90 Å². The van der Waals surface area contributed by atoms with Gasteiger partial charge in [0.2, 0.25) is 5.88 Å². The lowest BCUT2D eigenvalue weighted by Gasteiger charge is -2.05. The molecule has 1 aromatic heterocycles. The van der Waals surface area contributed by atoms with Gasteiger partial charge in [0.1, 0.15) is 5.75 Å². The minimum Gasteiger partial charge on any atom is -0.507 e. The predicted molar refractivity (Wildman–Crippen MR) is 59.5 cm³/mol. The Kier molecular flexibility index (Phi) is 2.48. The molecule has 1 aromatic carbocycles. The number of hydrogen-bond donors (Lipinski definition) is 1. The van der Waals surface area contributed by atoms with E-state index in [4.69, 9.17) is 4.74 Å². The van der Waals surface area contributed by atoms with Gasteiger partial charge in [0, 0.05) is 18.4 Å². The summed E-state index contributed by atoms with van der Waals surface area (Å²) in [7, 11) is 0. The second-order valence-electron chi connectivity index (χ2n) is 3.59. The minimum atomic E-state index is -0.459. The SMILES string of the molecule is CC(=O)Oc1cc(O)c2ccc(C)cc2n1.